The van der Waals surface area contributed by atoms with E-state index in [1.165, 1.54) is 17.7 Å². The van der Waals surface area contributed by atoms with Crippen molar-refractivity contribution in [3.05, 3.63) is 23.8 Å². The van der Waals surface area contributed by atoms with E-state index in [4.69, 9.17) is 4.74 Å². The fourth-order valence-corrected chi connectivity index (χ4v) is 2.88. The number of methoxy groups -OCH3 is 1. The summed E-state index contributed by atoms with van der Waals surface area (Å²) >= 11 is 0. The van der Waals surface area contributed by atoms with Crippen LogP contribution in [0.3, 0.4) is 0 Å². The van der Waals surface area contributed by atoms with Gasteiger partial charge < -0.3 is 15.0 Å². The SMILES string of the molecule is CNC(C)c1c(OC)cccc1N1CCC(C)(C)C1. The Balaban J connectivity index is 2.40. The molecule has 106 valence electrons. The van der Waals surface area contributed by atoms with Gasteiger partial charge in [0.05, 0.1) is 7.11 Å². The van der Waals surface area contributed by atoms with E-state index in [0.29, 0.717) is 5.41 Å². The molecule has 1 aromatic rings. The Labute approximate surface area is 116 Å². The summed E-state index contributed by atoms with van der Waals surface area (Å²) in [7, 11) is 3.74. The van der Waals surface area contributed by atoms with Crippen molar-refractivity contribution in [2.45, 2.75) is 33.2 Å². The summed E-state index contributed by atoms with van der Waals surface area (Å²) in [5.41, 5.74) is 2.99. The van der Waals surface area contributed by atoms with Crippen molar-refractivity contribution in [3.8, 4) is 5.75 Å². The lowest BCUT2D eigenvalue weighted by molar-refractivity contribution is 0.403. The first-order valence-corrected chi connectivity index (χ1v) is 7.07. The van der Waals surface area contributed by atoms with Gasteiger partial charge >= 0.3 is 0 Å². The quantitative estimate of drug-likeness (QED) is 0.901. The maximum absolute atomic E-state index is 5.55. The van der Waals surface area contributed by atoms with Crippen LogP contribution in [-0.4, -0.2) is 27.2 Å². The van der Waals surface area contributed by atoms with Crippen LogP contribution in [0.2, 0.25) is 0 Å². The molecule has 0 aromatic heterocycles. The first kappa shape index (κ1) is 14.2. The molecule has 1 atom stereocenters. The van der Waals surface area contributed by atoms with Crippen LogP contribution in [0.15, 0.2) is 18.2 Å². The van der Waals surface area contributed by atoms with E-state index in [-0.39, 0.29) is 6.04 Å². The molecule has 0 spiro atoms. The molecular formula is C16H26N2O. The van der Waals surface area contributed by atoms with Crippen molar-refractivity contribution < 1.29 is 4.74 Å². The maximum atomic E-state index is 5.55. The molecule has 19 heavy (non-hydrogen) atoms. The number of hydrogen-bond donors (Lipinski definition) is 1. The highest BCUT2D eigenvalue weighted by Crippen LogP contribution is 2.39. The number of nitrogens with zero attached hydrogens (tertiary/aromatic N) is 1. The van der Waals surface area contributed by atoms with Crippen molar-refractivity contribution in [2.75, 3.05) is 32.1 Å². The zero-order valence-electron chi connectivity index (χ0n) is 12.8. The lowest BCUT2D eigenvalue weighted by Crippen LogP contribution is -2.26. The third-order valence-electron chi connectivity index (χ3n) is 4.15. The number of benzene rings is 1. The normalized spacial score (nSPS) is 19.5. The molecule has 0 amide bonds. The molecule has 1 unspecified atom stereocenters. The van der Waals surface area contributed by atoms with Crippen LogP contribution in [0.5, 0.6) is 5.75 Å². The number of rotatable bonds is 4. The Kier molecular flexibility index (Phi) is 4.04. The van der Waals surface area contributed by atoms with Gasteiger partial charge in [-0.05, 0) is 37.9 Å². The molecule has 1 heterocycles. The molecule has 1 aromatic carbocycles. The predicted molar refractivity (Wildman–Crippen MR) is 81.1 cm³/mol. The molecule has 1 aliphatic heterocycles. The highest BCUT2D eigenvalue weighted by Gasteiger charge is 2.31. The van der Waals surface area contributed by atoms with E-state index in [2.05, 4.69) is 43.1 Å². The van der Waals surface area contributed by atoms with Crippen molar-refractivity contribution >= 4 is 5.69 Å². The van der Waals surface area contributed by atoms with Crippen LogP contribution in [0.25, 0.3) is 0 Å². The van der Waals surface area contributed by atoms with Crippen LogP contribution in [0.4, 0.5) is 5.69 Å². The van der Waals surface area contributed by atoms with E-state index in [1.807, 2.05) is 13.1 Å². The fraction of sp³-hybridized carbons (Fsp3) is 0.625. The van der Waals surface area contributed by atoms with Gasteiger partial charge in [0.25, 0.3) is 0 Å². The monoisotopic (exact) mass is 262 g/mol. The minimum Gasteiger partial charge on any atom is -0.496 e. The molecule has 0 radical (unpaired) electrons. The minimum atomic E-state index is 0.287. The number of hydrogen-bond acceptors (Lipinski definition) is 3. The largest absolute Gasteiger partial charge is 0.496 e. The minimum absolute atomic E-state index is 0.287. The summed E-state index contributed by atoms with van der Waals surface area (Å²) in [6, 6.07) is 6.64. The molecule has 1 N–H and O–H groups in total. The molecule has 2 rings (SSSR count). The van der Waals surface area contributed by atoms with Gasteiger partial charge in [-0.25, -0.2) is 0 Å². The second kappa shape index (κ2) is 5.41. The Morgan fingerprint density at radius 1 is 1.37 bits per heavy atom. The average Bonchev–Trinajstić information content (AvgIpc) is 2.77. The summed E-state index contributed by atoms with van der Waals surface area (Å²) in [5, 5.41) is 3.33. The van der Waals surface area contributed by atoms with Gasteiger partial charge in [0, 0.05) is 30.4 Å². The van der Waals surface area contributed by atoms with Crippen molar-refractivity contribution in [3.63, 3.8) is 0 Å². The van der Waals surface area contributed by atoms with E-state index < -0.39 is 0 Å². The van der Waals surface area contributed by atoms with E-state index in [9.17, 15) is 0 Å². The van der Waals surface area contributed by atoms with Crippen LogP contribution in [0, 0.1) is 5.41 Å². The molecule has 1 fully saturated rings. The smallest absolute Gasteiger partial charge is 0.125 e. The second-order valence-corrected chi connectivity index (χ2v) is 6.24. The Morgan fingerprint density at radius 2 is 2.11 bits per heavy atom. The zero-order chi connectivity index (χ0) is 14.0. The van der Waals surface area contributed by atoms with Gasteiger partial charge in [-0.1, -0.05) is 19.9 Å². The number of nitrogens with one attached hydrogen (secondary N) is 1. The highest BCUT2D eigenvalue weighted by molar-refractivity contribution is 5.61. The molecular weight excluding hydrogens is 236 g/mol. The van der Waals surface area contributed by atoms with E-state index >= 15 is 0 Å². The van der Waals surface area contributed by atoms with Gasteiger partial charge in [-0.2, -0.15) is 0 Å². The Bertz CT molecular complexity index is 442. The summed E-state index contributed by atoms with van der Waals surface area (Å²) in [6.45, 7) is 9.11. The average molecular weight is 262 g/mol. The molecule has 0 saturated carbocycles. The summed E-state index contributed by atoms with van der Waals surface area (Å²) in [5.74, 6) is 0.976. The highest BCUT2D eigenvalue weighted by atomic mass is 16.5. The maximum Gasteiger partial charge on any atom is 0.125 e. The first-order chi connectivity index (χ1) is 8.98. The summed E-state index contributed by atoms with van der Waals surface area (Å²) in [6.07, 6.45) is 1.25. The third-order valence-corrected chi connectivity index (χ3v) is 4.15. The standard InChI is InChI=1S/C16H26N2O/c1-12(17-4)15-13(7-6-8-14(15)19-5)18-10-9-16(2,3)11-18/h6-8,12,17H,9-11H2,1-5H3. The number of anilines is 1. The fourth-order valence-electron chi connectivity index (χ4n) is 2.88. The molecule has 0 bridgehead atoms. The zero-order valence-corrected chi connectivity index (χ0v) is 12.8. The molecule has 1 aliphatic rings. The van der Waals surface area contributed by atoms with Crippen molar-refractivity contribution in [1.82, 2.24) is 5.32 Å². The van der Waals surface area contributed by atoms with Crippen molar-refractivity contribution in [1.29, 1.82) is 0 Å². The van der Waals surface area contributed by atoms with E-state index in [1.54, 1.807) is 7.11 Å². The molecule has 3 heteroatoms. The Hall–Kier alpha value is -1.22. The van der Waals surface area contributed by atoms with Gasteiger partial charge in [-0.3, -0.25) is 0 Å². The van der Waals surface area contributed by atoms with Crippen LogP contribution >= 0.6 is 0 Å². The topological polar surface area (TPSA) is 24.5 Å². The van der Waals surface area contributed by atoms with Crippen molar-refractivity contribution in [2.24, 2.45) is 5.41 Å². The predicted octanol–water partition coefficient (Wildman–Crippen LogP) is 3.21. The van der Waals surface area contributed by atoms with E-state index in [0.717, 1.165) is 18.8 Å². The second-order valence-electron chi connectivity index (χ2n) is 6.24. The van der Waals surface area contributed by atoms with Gasteiger partial charge in [0.1, 0.15) is 5.75 Å². The molecule has 0 aliphatic carbocycles. The Morgan fingerprint density at radius 3 is 2.63 bits per heavy atom. The van der Waals surface area contributed by atoms with Crippen LogP contribution in [0.1, 0.15) is 38.8 Å². The van der Waals surface area contributed by atoms with Gasteiger partial charge in [0.15, 0.2) is 0 Å². The lowest BCUT2D eigenvalue weighted by Gasteiger charge is -2.27. The van der Waals surface area contributed by atoms with Gasteiger partial charge in [0.2, 0.25) is 0 Å². The first-order valence-electron chi connectivity index (χ1n) is 7.07. The third kappa shape index (κ3) is 2.86. The molecule has 1 saturated heterocycles. The van der Waals surface area contributed by atoms with Gasteiger partial charge in [-0.15, -0.1) is 0 Å². The summed E-state index contributed by atoms with van der Waals surface area (Å²) in [4.78, 5) is 2.49. The van der Waals surface area contributed by atoms with Crippen LogP contribution < -0.4 is 15.0 Å². The summed E-state index contributed by atoms with van der Waals surface area (Å²) < 4.78 is 5.55. The number of ether oxygens (including phenoxy) is 1. The lowest BCUT2D eigenvalue weighted by atomic mass is 9.93. The molecule has 3 nitrogen and oxygen atoms in total. The van der Waals surface area contributed by atoms with Crippen LogP contribution in [-0.2, 0) is 0 Å².